The summed E-state index contributed by atoms with van der Waals surface area (Å²) in [6, 6.07) is 33.8. The molecule has 5 rings (SSSR count). The first-order chi connectivity index (χ1) is 16.7. The molecule has 4 aromatic carbocycles. The van der Waals surface area contributed by atoms with Gasteiger partial charge in [-0.25, -0.2) is 0 Å². The molecule has 34 heavy (non-hydrogen) atoms. The van der Waals surface area contributed by atoms with Crippen LogP contribution >= 0.6 is 11.3 Å². The van der Waals surface area contributed by atoms with E-state index in [1.165, 1.54) is 15.6 Å². The number of rotatable bonds is 4. The van der Waals surface area contributed by atoms with E-state index >= 15 is 0 Å². The highest BCUT2D eigenvalue weighted by molar-refractivity contribution is 7.09. The molecule has 2 nitrogen and oxygen atoms in total. The normalized spacial score (nSPS) is 10.8. The van der Waals surface area contributed by atoms with Gasteiger partial charge in [-0.2, -0.15) is 0 Å². The van der Waals surface area contributed by atoms with Gasteiger partial charge in [0.25, 0.3) is 0 Å². The van der Waals surface area contributed by atoms with E-state index in [2.05, 4.69) is 109 Å². The largest absolute Gasteiger partial charge is 0.496 e. The monoisotopic (exact) mass is 462 g/mol. The number of hydrogen-bond donors (Lipinski definition) is 0. The Hall–Kier alpha value is -3.82. The summed E-state index contributed by atoms with van der Waals surface area (Å²) < 4.78 is 11.9. The van der Waals surface area contributed by atoms with Gasteiger partial charge < -0.3 is 9.47 Å². The van der Waals surface area contributed by atoms with Crippen LogP contribution in [-0.4, -0.2) is 14.2 Å². The van der Waals surface area contributed by atoms with E-state index in [-0.39, 0.29) is 0 Å². The van der Waals surface area contributed by atoms with Gasteiger partial charge in [0.05, 0.1) is 14.2 Å². The smallest absolute Gasteiger partial charge is 0.127 e. The molecule has 0 aliphatic rings. The third-order valence-electron chi connectivity index (χ3n) is 6.17. The summed E-state index contributed by atoms with van der Waals surface area (Å²) >= 11 is 1.72. The van der Waals surface area contributed by atoms with E-state index in [1.807, 2.05) is 0 Å². The molecule has 0 amide bonds. The second kappa shape index (κ2) is 9.58. The van der Waals surface area contributed by atoms with Gasteiger partial charge in [0.2, 0.25) is 0 Å². The molecule has 1 aromatic heterocycles. The zero-order valence-electron chi connectivity index (χ0n) is 19.5. The fourth-order valence-corrected chi connectivity index (χ4v) is 5.34. The van der Waals surface area contributed by atoms with E-state index in [1.54, 1.807) is 25.6 Å². The Morgan fingerprint density at radius 3 is 1.74 bits per heavy atom. The number of fused-ring (bicyclic) bond motifs is 2. The minimum Gasteiger partial charge on any atom is -0.496 e. The second-order valence-corrected chi connectivity index (χ2v) is 9.19. The van der Waals surface area contributed by atoms with Gasteiger partial charge in [-0.3, -0.25) is 0 Å². The van der Waals surface area contributed by atoms with Crippen LogP contribution in [0.3, 0.4) is 0 Å². The average Bonchev–Trinajstić information content (AvgIpc) is 2.97. The summed E-state index contributed by atoms with van der Waals surface area (Å²) in [4.78, 5) is 1.19. The van der Waals surface area contributed by atoms with Gasteiger partial charge >= 0.3 is 0 Å². The molecule has 0 atom stereocenters. The molecule has 0 saturated carbocycles. The van der Waals surface area contributed by atoms with Crippen molar-refractivity contribution in [3.8, 4) is 33.8 Å². The molecule has 0 unspecified atom stereocenters. The van der Waals surface area contributed by atoms with Gasteiger partial charge in [-0.1, -0.05) is 84.9 Å². The predicted octanol–water partition coefficient (Wildman–Crippen LogP) is 8.84. The molecular formula is C31H26O2S. The van der Waals surface area contributed by atoms with Crippen molar-refractivity contribution in [3.05, 3.63) is 107 Å². The van der Waals surface area contributed by atoms with Crippen LogP contribution in [0.1, 0.15) is 4.88 Å². The zero-order chi connectivity index (χ0) is 23.5. The highest BCUT2D eigenvalue weighted by Crippen LogP contribution is 2.47. The first-order valence-corrected chi connectivity index (χ1v) is 12.1. The molecule has 0 saturated heterocycles. The summed E-state index contributed by atoms with van der Waals surface area (Å²) in [5.74, 6) is 1.70. The van der Waals surface area contributed by atoms with Crippen LogP contribution < -0.4 is 9.47 Å². The minimum atomic E-state index is 0.847. The lowest BCUT2D eigenvalue weighted by Gasteiger charge is -2.19. The lowest BCUT2D eigenvalue weighted by Crippen LogP contribution is -1.95. The number of methoxy groups -OCH3 is 2. The van der Waals surface area contributed by atoms with Gasteiger partial charge in [0.15, 0.2) is 0 Å². The standard InChI is InChI=1S/C31H26O2S/c1-21-29(31-25-14-9-7-12-23(25)17-19-28(31)33-3)26(15-5-4-10-20-34-21)30-24-13-8-6-11-22(24)16-18-27(30)32-2/h4-20H,1-3H3. The first-order valence-electron chi connectivity index (χ1n) is 11.3. The van der Waals surface area contributed by atoms with Crippen LogP contribution in [0.4, 0.5) is 0 Å². The molecule has 0 bridgehead atoms. The Morgan fingerprint density at radius 2 is 1.09 bits per heavy atom. The highest BCUT2D eigenvalue weighted by Gasteiger charge is 2.20. The van der Waals surface area contributed by atoms with Crippen LogP contribution in [0.25, 0.3) is 43.8 Å². The van der Waals surface area contributed by atoms with Crippen LogP contribution in [0.15, 0.2) is 102 Å². The molecule has 168 valence electrons. The van der Waals surface area contributed by atoms with Gasteiger partial charge in [0.1, 0.15) is 11.5 Å². The SMILES string of the molecule is COc1ccc2ccccc2c1-c1cccccsc(C)c1-c1c(OC)ccc2ccccc12. The zero-order valence-corrected chi connectivity index (χ0v) is 20.4. The summed E-state index contributed by atoms with van der Waals surface area (Å²) in [5.41, 5.74) is 4.42. The fourth-order valence-electron chi connectivity index (χ4n) is 4.63. The van der Waals surface area contributed by atoms with E-state index in [0.29, 0.717) is 0 Å². The van der Waals surface area contributed by atoms with Crippen molar-refractivity contribution in [1.82, 2.24) is 0 Å². The third kappa shape index (κ3) is 3.89. The van der Waals surface area contributed by atoms with E-state index in [9.17, 15) is 0 Å². The summed E-state index contributed by atoms with van der Waals surface area (Å²) in [6.45, 7) is 2.18. The molecular weight excluding hydrogens is 436 g/mol. The average molecular weight is 463 g/mol. The van der Waals surface area contributed by atoms with Gasteiger partial charge in [-0.05, 0) is 51.5 Å². The van der Waals surface area contributed by atoms with Gasteiger partial charge in [-0.15, -0.1) is 11.3 Å². The summed E-state index contributed by atoms with van der Waals surface area (Å²) in [5, 5.41) is 6.80. The number of hydrogen-bond acceptors (Lipinski definition) is 3. The molecule has 5 aromatic rings. The lowest BCUT2D eigenvalue weighted by atomic mass is 9.89. The molecule has 0 radical (unpaired) electrons. The van der Waals surface area contributed by atoms with E-state index < -0.39 is 0 Å². The summed E-state index contributed by atoms with van der Waals surface area (Å²) in [7, 11) is 3.48. The molecule has 0 aliphatic carbocycles. The van der Waals surface area contributed by atoms with E-state index in [4.69, 9.17) is 9.47 Å². The minimum absolute atomic E-state index is 0.847. The molecule has 3 heteroatoms. The quantitative estimate of drug-likeness (QED) is 0.266. The third-order valence-corrected chi connectivity index (χ3v) is 7.02. The Bertz CT molecular complexity index is 1550. The molecule has 1 heterocycles. The number of benzene rings is 4. The maximum atomic E-state index is 5.95. The van der Waals surface area contributed by atoms with Crippen LogP contribution in [0, 0.1) is 6.92 Å². The van der Waals surface area contributed by atoms with Crippen molar-refractivity contribution in [1.29, 1.82) is 0 Å². The number of ether oxygens (including phenoxy) is 2. The Kier molecular flexibility index (Phi) is 6.20. The predicted molar refractivity (Wildman–Crippen MR) is 146 cm³/mol. The Labute approximate surface area is 204 Å². The summed E-state index contributed by atoms with van der Waals surface area (Å²) in [6.07, 6.45) is 0. The Balaban J connectivity index is 2.03. The van der Waals surface area contributed by atoms with Gasteiger partial charge in [0, 0.05) is 21.6 Å². The topological polar surface area (TPSA) is 18.5 Å². The molecule has 0 aliphatic heterocycles. The maximum absolute atomic E-state index is 5.95. The van der Waals surface area contributed by atoms with Crippen molar-refractivity contribution < 1.29 is 9.47 Å². The highest BCUT2D eigenvalue weighted by atomic mass is 32.1. The number of aryl methyl sites for hydroxylation is 1. The Morgan fingerprint density at radius 1 is 0.529 bits per heavy atom. The maximum Gasteiger partial charge on any atom is 0.127 e. The van der Waals surface area contributed by atoms with Crippen molar-refractivity contribution in [3.63, 3.8) is 0 Å². The molecule has 0 fully saturated rings. The van der Waals surface area contributed by atoms with Crippen LogP contribution in [0.2, 0.25) is 0 Å². The van der Waals surface area contributed by atoms with Crippen molar-refractivity contribution in [2.24, 2.45) is 0 Å². The lowest BCUT2D eigenvalue weighted by molar-refractivity contribution is 0.416. The molecule has 0 N–H and O–H groups in total. The van der Waals surface area contributed by atoms with Crippen LogP contribution in [0.5, 0.6) is 11.5 Å². The van der Waals surface area contributed by atoms with Crippen molar-refractivity contribution in [2.75, 3.05) is 14.2 Å². The fraction of sp³-hybridized carbons (Fsp3) is 0.0968. The second-order valence-electron chi connectivity index (χ2n) is 8.07. The van der Waals surface area contributed by atoms with Crippen LogP contribution in [-0.2, 0) is 0 Å². The molecule has 0 spiro atoms. The van der Waals surface area contributed by atoms with Crippen molar-refractivity contribution >= 4 is 32.9 Å². The first kappa shape index (κ1) is 22.0. The van der Waals surface area contributed by atoms with E-state index in [0.717, 1.165) is 44.5 Å². The van der Waals surface area contributed by atoms with Crippen molar-refractivity contribution in [2.45, 2.75) is 6.92 Å².